The van der Waals surface area contributed by atoms with E-state index in [4.69, 9.17) is 0 Å². The molecular formula is C9H15N3. The van der Waals surface area contributed by atoms with Crippen molar-refractivity contribution in [1.82, 2.24) is 9.97 Å². The van der Waals surface area contributed by atoms with Crippen LogP contribution in [0, 0.1) is 0 Å². The number of hydrogen-bond donors (Lipinski definition) is 1. The summed E-state index contributed by atoms with van der Waals surface area (Å²) in [6.07, 6.45) is 3.56. The van der Waals surface area contributed by atoms with E-state index in [1.54, 1.807) is 6.20 Å². The van der Waals surface area contributed by atoms with E-state index in [1.165, 1.54) is 0 Å². The Morgan fingerprint density at radius 2 is 1.83 bits per heavy atom. The minimum atomic E-state index is 0.0826. The highest BCUT2D eigenvalue weighted by atomic mass is 15.0. The third kappa shape index (κ3) is 1.94. The fourth-order valence-corrected chi connectivity index (χ4v) is 0.844. The second-order valence-corrected chi connectivity index (χ2v) is 3.79. The Labute approximate surface area is 73.2 Å². The van der Waals surface area contributed by atoms with Gasteiger partial charge in [-0.1, -0.05) is 20.8 Å². The SMILES string of the molecule is CNc1cnc(C(C)(C)C)cn1. The van der Waals surface area contributed by atoms with Crippen molar-refractivity contribution in [2.45, 2.75) is 26.2 Å². The van der Waals surface area contributed by atoms with Crippen LogP contribution < -0.4 is 5.32 Å². The molecule has 0 aliphatic heterocycles. The van der Waals surface area contributed by atoms with Gasteiger partial charge in [-0.3, -0.25) is 4.98 Å². The first-order valence-electron chi connectivity index (χ1n) is 4.04. The molecule has 1 rings (SSSR count). The molecule has 0 spiro atoms. The van der Waals surface area contributed by atoms with E-state index in [0.29, 0.717) is 0 Å². The van der Waals surface area contributed by atoms with Crippen LogP contribution in [-0.2, 0) is 5.41 Å². The first kappa shape index (κ1) is 8.97. The van der Waals surface area contributed by atoms with Crippen LogP contribution in [0.25, 0.3) is 0 Å². The predicted octanol–water partition coefficient (Wildman–Crippen LogP) is 1.82. The molecule has 0 amide bonds. The Hall–Kier alpha value is -1.12. The molecule has 3 heteroatoms. The summed E-state index contributed by atoms with van der Waals surface area (Å²) in [5.74, 6) is 0.808. The second kappa shape index (κ2) is 3.09. The third-order valence-electron chi connectivity index (χ3n) is 1.68. The van der Waals surface area contributed by atoms with E-state index < -0.39 is 0 Å². The van der Waals surface area contributed by atoms with Gasteiger partial charge in [0.15, 0.2) is 0 Å². The van der Waals surface area contributed by atoms with Crippen LogP contribution in [-0.4, -0.2) is 17.0 Å². The predicted molar refractivity (Wildman–Crippen MR) is 50.3 cm³/mol. The van der Waals surface area contributed by atoms with Gasteiger partial charge in [-0.15, -0.1) is 0 Å². The molecule has 12 heavy (non-hydrogen) atoms. The fourth-order valence-electron chi connectivity index (χ4n) is 0.844. The van der Waals surface area contributed by atoms with Gasteiger partial charge in [-0.05, 0) is 0 Å². The van der Waals surface area contributed by atoms with Crippen molar-refractivity contribution in [1.29, 1.82) is 0 Å². The van der Waals surface area contributed by atoms with Gasteiger partial charge in [0.2, 0.25) is 0 Å². The maximum absolute atomic E-state index is 4.30. The molecule has 1 heterocycles. The molecule has 0 saturated heterocycles. The zero-order valence-electron chi connectivity index (χ0n) is 8.05. The average molecular weight is 165 g/mol. The maximum atomic E-state index is 4.30. The lowest BCUT2D eigenvalue weighted by Gasteiger charge is -2.16. The summed E-state index contributed by atoms with van der Waals surface area (Å²) in [5.41, 5.74) is 1.10. The molecule has 1 aromatic heterocycles. The van der Waals surface area contributed by atoms with Gasteiger partial charge in [0, 0.05) is 12.5 Å². The standard InChI is InChI=1S/C9H15N3/c1-9(2,3)7-5-12-8(10-4)6-11-7/h5-6H,1-4H3,(H,10,12). The van der Waals surface area contributed by atoms with E-state index in [0.717, 1.165) is 11.5 Å². The topological polar surface area (TPSA) is 37.8 Å². The summed E-state index contributed by atoms with van der Waals surface area (Å²) in [6, 6.07) is 0. The van der Waals surface area contributed by atoms with Crippen molar-refractivity contribution in [3.63, 3.8) is 0 Å². The highest BCUT2D eigenvalue weighted by Gasteiger charge is 2.14. The Kier molecular flexibility index (Phi) is 2.31. The van der Waals surface area contributed by atoms with Crippen LogP contribution in [0.3, 0.4) is 0 Å². The van der Waals surface area contributed by atoms with Crippen LogP contribution in [0.4, 0.5) is 5.82 Å². The van der Waals surface area contributed by atoms with Crippen LogP contribution in [0.5, 0.6) is 0 Å². The maximum Gasteiger partial charge on any atom is 0.144 e. The minimum Gasteiger partial charge on any atom is -0.372 e. The molecule has 0 saturated carbocycles. The highest BCUT2D eigenvalue weighted by Crippen LogP contribution is 2.18. The molecule has 0 aliphatic carbocycles. The van der Waals surface area contributed by atoms with Crippen molar-refractivity contribution >= 4 is 5.82 Å². The number of aromatic nitrogens is 2. The van der Waals surface area contributed by atoms with Crippen molar-refractivity contribution in [2.24, 2.45) is 0 Å². The molecule has 0 aliphatic rings. The van der Waals surface area contributed by atoms with Crippen molar-refractivity contribution in [3.8, 4) is 0 Å². The monoisotopic (exact) mass is 165 g/mol. The van der Waals surface area contributed by atoms with Gasteiger partial charge in [0.25, 0.3) is 0 Å². The molecule has 0 unspecified atom stereocenters. The number of rotatable bonds is 1. The lowest BCUT2D eigenvalue weighted by molar-refractivity contribution is 0.566. The number of hydrogen-bond acceptors (Lipinski definition) is 3. The zero-order chi connectivity index (χ0) is 9.19. The number of nitrogens with one attached hydrogen (secondary N) is 1. The smallest absolute Gasteiger partial charge is 0.144 e. The third-order valence-corrected chi connectivity index (χ3v) is 1.68. The summed E-state index contributed by atoms with van der Waals surface area (Å²) in [6.45, 7) is 6.36. The van der Waals surface area contributed by atoms with Crippen molar-refractivity contribution in [3.05, 3.63) is 18.1 Å². The zero-order valence-corrected chi connectivity index (χ0v) is 8.05. The largest absolute Gasteiger partial charge is 0.372 e. The highest BCUT2D eigenvalue weighted by molar-refractivity contribution is 5.30. The van der Waals surface area contributed by atoms with Gasteiger partial charge < -0.3 is 5.32 Å². The van der Waals surface area contributed by atoms with Crippen LogP contribution in [0.1, 0.15) is 26.5 Å². The van der Waals surface area contributed by atoms with Gasteiger partial charge in [0.1, 0.15) is 5.82 Å². The second-order valence-electron chi connectivity index (χ2n) is 3.79. The lowest BCUT2D eigenvalue weighted by atomic mass is 9.93. The Bertz CT molecular complexity index is 245. The number of nitrogens with zero attached hydrogens (tertiary/aromatic N) is 2. The van der Waals surface area contributed by atoms with E-state index in [1.807, 2.05) is 13.2 Å². The van der Waals surface area contributed by atoms with Gasteiger partial charge in [0.05, 0.1) is 18.1 Å². The van der Waals surface area contributed by atoms with E-state index in [2.05, 4.69) is 36.1 Å². The molecule has 66 valence electrons. The minimum absolute atomic E-state index is 0.0826. The molecule has 0 bridgehead atoms. The Morgan fingerprint density at radius 1 is 1.17 bits per heavy atom. The molecule has 0 radical (unpaired) electrons. The molecule has 0 fully saturated rings. The molecular weight excluding hydrogens is 150 g/mol. The van der Waals surface area contributed by atoms with Gasteiger partial charge >= 0.3 is 0 Å². The van der Waals surface area contributed by atoms with Crippen LogP contribution in [0.15, 0.2) is 12.4 Å². The average Bonchev–Trinajstić information content (AvgIpc) is 2.03. The first-order valence-corrected chi connectivity index (χ1v) is 4.04. The van der Waals surface area contributed by atoms with Gasteiger partial charge in [-0.25, -0.2) is 4.98 Å². The summed E-state index contributed by atoms with van der Waals surface area (Å²) < 4.78 is 0. The van der Waals surface area contributed by atoms with Gasteiger partial charge in [-0.2, -0.15) is 0 Å². The summed E-state index contributed by atoms with van der Waals surface area (Å²) >= 11 is 0. The Morgan fingerprint density at radius 3 is 2.17 bits per heavy atom. The molecule has 0 aromatic carbocycles. The first-order chi connectivity index (χ1) is 5.54. The quantitative estimate of drug-likeness (QED) is 0.689. The van der Waals surface area contributed by atoms with E-state index in [-0.39, 0.29) is 5.41 Å². The van der Waals surface area contributed by atoms with E-state index in [9.17, 15) is 0 Å². The lowest BCUT2D eigenvalue weighted by Crippen LogP contribution is -2.13. The van der Waals surface area contributed by atoms with Crippen molar-refractivity contribution < 1.29 is 0 Å². The molecule has 1 N–H and O–H groups in total. The fraction of sp³-hybridized carbons (Fsp3) is 0.556. The Balaban J connectivity index is 2.93. The number of anilines is 1. The summed E-state index contributed by atoms with van der Waals surface area (Å²) in [7, 11) is 1.83. The van der Waals surface area contributed by atoms with Crippen molar-refractivity contribution in [2.75, 3.05) is 12.4 Å². The van der Waals surface area contributed by atoms with E-state index >= 15 is 0 Å². The normalized spacial score (nSPS) is 11.3. The molecule has 0 atom stereocenters. The molecule has 1 aromatic rings. The molecule has 3 nitrogen and oxygen atoms in total. The summed E-state index contributed by atoms with van der Waals surface area (Å²) in [5, 5.41) is 2.93. The van der Waals surface area contributed by atoms with Crippen LogP contribution in [0.2, 0.25) is 0 Å². The summed E-state index contributed by atoms with van der Waals surface area (Å²) in [4.78, 5) is 8.49. The van der Waals surface area contributed by atoms with Crippen LogP contribution >= 0.6 is 0 Å².